The van der Waals surface area contributed by atoms with Crippen LogP contribution in [0.25, 0.3) is 22.0 Å². The van der Waals surface area contributed by atoms with E-state index < -0.39 is 10.0 Å². The molecule has 0 unspecified atom stereocenters. The topological polar surface area (TPSA) is 77.4 Å². The Hall–Kier alpha value is -2.80. The fraction of sp³-hybridized carbons (Fsp3) is 0.250. The molecule has 0 amide bonds. The maximum absolute atomic E-state index is 11.7. The van der Waals surface area contributed by atoms with Crippen molar-refractivity contribution in [1.29, 1.82) is 0 Å². The van der Waals surface area contributed by atoms with Gasteiger partial charge in [-0.2, -0.15) is 0 Å². The Morgan fingerprint density at radius 2 is 1.89 bits per heavy atom. The van der Waals surface area contributed by atoms with Gasteiger partial charge in [-0.3, -0.25) is 4.72 Å². The van der Waals surface area contributed by atoms with Crippen LogP contribution in [0.1, 0.15) is 35.8 Å². The molecular weight excluding hydrogens is 364 g/mol. The normalized spacial score (nSPS) is 13.9. The summed E-state index contributed by atoms with van der Waals surface area (Å²) in [5, 5.41) is 1.02. The van der Waals surface area contributed by atoms with Gasteiger partial charge in [0.2, 0.25) is 10.0 Å². The third-order valence-electron chi connectivity index (χ3n) is 4.69. The Morgan fingerprint density at radius 1 is 1.11 bits per heavy atom. The smallest absolute Gasteiger partial charge is 0.338 e. The summed E-state index contributed by atoms with van der Waals surface area (Å²) in [6.45, 7) is 4.46. The molecule has 0 fully saturated rings. The first-order chi connectivity index (χ1) is 12.7. The van der Waals surface area contributed by atoms with Gasteiger partial charge in [-0.1, -0.05) is 12.1 Å². The number of nitrogens with one attached hydrogen (secondary N) is 1. The summed E-state index contributed by atoms with van der Waals surface area (Å²) < 4.78 is 32.9. The number of anilines is 1. The molecule has 0 spiro atoms. The number of nitrogens with zero attached hydrogens (tertiary/aromatic N) is 1. The Balaban J connectivity index is 1.88. The monoisotopic (exact) mass is 384 g/mol. The van der Waals surface area contributed by atoms with Crippen molar-refractivity contribution < 1.29 is 17.9 Å². The predicted octanol–water partition coefficient (Wildman–Crippen LogP) is 3.93. The lowest BCUT2D eigenvalue weighted by atomic mass is 10.00. The van der Waals surface area contributed by atoms with E-state index >= 15 is 0 Å². The number of hydrogen-bond acceptors (Lipinski definition) is 4. The summed E-state index contributed by atoms with van der Waals surface area (Å²) in [6, 6.07) is 11.5. The van der Waals surface area contributed by atoms with Gasteiger partial charge in [-0.25, -0.2) is 13.2 Å². The van der Waals surface area contributed by atoms with Gasteiger partial charge in [0.25, 0.3) is 0 Å². The van der Waals surface area contributed by atoms with Crippen molar-refractivity contribution in [1.82, 2.24) is 4.57 Å². The second-order valence-electron chi connectivity index (χ2n) is 7.10. The van der Waals surface area contributed by atoms with Crippen LogP contribution in [0.15, 0.2) is 42.6 Å². The number of esters is 1. The van der Waals surface area contributed by atoms with E-state index in [1.807, 2.05) is 24.3 Å². The molecule has 7 heteroatoms. The lowest BCUT2D eigenvalue weighted by molar-refractivity contribution is 0.0535. The van der Waals surface area contributed by atoms with E-state index in [0.29, 0.717) is 17.9 Å². The molecular formula is C20H20N2O4S. The van der Waals surface area contributed by atoms with Gasteiger partial charge in [0.15, 0.2) is 0 Å². The Labute approximate surface area is 157 Å². The van der Waals surface area contributed by atoms with Crippen LogP contribution in [-0.2, 0) is 21.4 Å². The molecule has 1 aliphatic heterocycles. The molecule has 0 atom stereocenters. The van der Waals surface area contributed by atoms with E-state index in [1.54, 1.807) is 12.1 Å². The molecule has 3 aromatic rings. The zero-order valence-corrected chi connectivity index (χ0v) is 16.1. The molecule has 2 heterocycles. The van der Waals surface area contributed by atoms with Crippen LogP contribution in [0.2, 0.25) is 0 Å². The average Bonchev–Trinajstić information content (AvgIpc) is 3.14. The highest BCUT2D eigenvalue weighted by Crippen LogP contribution is 2.36. The van der Waals surface area contributed by atoms with Gasteiger partial charge in [0.05, 0.1) is 23.0 Å². The summed E-state index contributed by atoms with van der Waals surface area (Å²) in [7, 11) is -3.34. The van der Waals surface area contributed by atoms with Crippen LogP contribution in [-0.4, -0.2) is 25.2 Å². The van der Waals surface area contributed by atoms with Crippen molar-refractivity contribution in [2.75, 3.05) is 11.0 Å². The standard InChI is InChI=1S/C20H20N2O4S/c1-12(2)22-10-18(13-4-6-16-14(8-13)11-26-20(16)23)17-7-5-15(9-19(17)22)21-27(3,24)25/h4-10,12,21H,11H2,1-3H3. The Morgan fingerprint density at radius 3 is 2.59 bits per heavy atom. The van der Waals surface area contributed by atoms with Gasteiger partial charge in [0.1, 0.15) is 6.61 Å². The number of carbonyl (C=O) groups is 1. The number of ether oxygens (including phenoxy) is 1. The van der Waals surface area contributed by atoms with E-state index in [2.05, 4.69) is 29.3 Å². The molecule has 1 aliphatic rings. The van der Waals surface area contributed by atoms with Gasteiger partial charge < -0.3 is 9.30 Å². The highest BCUT2D eigenvalue weighted by Gasteiger charge is 2.22. The Kier molecular flexibility index (Phi) is 3.99. The molecule has 0 saturated carbocycles. The summed E-state index contributed by atoms with van der Waals surface area (Å²) in [5.74, 6) is -0.280. The molecule has 0 saturated heterocycles. The molecule has 0 radical (unpaired) electrons. The SMILES string of the molecule is CC(C)n1cc(-c2ccc3c(c2)COC3=O)c2ccc(NS(C)(=O)=O)cc21. The van der Waals surface area contributed by atoms with E-state index in [9.17, 15) is 13.2 Å². The quantitative estimate of drug-likeness (QED) is 0.692. The number of rotatable bonds is 4. The van der Waals surface area contributed by atoms with Crippen molar-refractivity contribution in [2.24, 2.45) is 0 Å². The van der Waals surface area contributed by atoms with Gasteiger partial charge in [-0.15, -0.1) is 0 Å². The van der Waals surface area contributed by atoms with Crippen LogP contribution in [0.4, 0.5) is 5.69 Å². The van der Waals surface area contributed by atoms with Gasteiger partial charge in [0, 0.05) is 28.8 Å². The zero-order chi connectivity index (χ0) is 19.3. The van der Waals surface area contributed by atoms with Crippen molar-refractivity contribution in [3.8, 4) is 11.1 Å². The number of cyclic esters (lactones) is 1. The van der Waals surface area contributed by atoms with Gasteiger partial charge in [-0.05, 0) is 43.7 Å². The number of aromatic nitrogens is 1. The number of fused-ring (bicyclic) bond motifs is 2. The fourth-order valence-corrected chi connectivity index (χ4v) is 4.04. The first kappa shape index (κ1) is 17.6. The lowest BCUT2D eigenvalue weighted by Crippen LogP contribution is -2.09. The zero-order valence-electron chi connectivity index (χ0n) is 15.3. The van der Waals surface area contributed by atoms with E-state index in [4.69, 9.17) is 4.74 Å². The molecule has 1 N–H and O–H groups in total. The number of carbonyl (C=O) groups excluding carboxylic acids is 1. The van der Waals surface area contributed by atoms with Crippen molar-refractivity contribution in [3.05, 3.63) is 53.7 Å². The highest BCUT2D eigenvalue weighted by atomic mass is 32.2. The molecule has 27 heavy (non-hydrogen) atoms. The van der Waals surface area contributed by atoms with Crippen LogP contribution in [0.3, 0.4) is 0 Å². The lowest BCUT2D eigenvalue weighted by Gasteiger charge is -2.10. The summed E-state index contributed by atoms with van der Waals surface area (Å²) in [6.07, 6.45) is 3.21. The molecule has 0 aliphatic carbocycles. The van der Waals surface area contributed by atoms with Crippen molar-refractivity contribution in [2.45, 2.75) is 26.5 Å². The number of benzene rings is 2. The van der Waals surface area contributed by atoms with E-state index in [0.717, 1.165) is 33.8 Å². The molecule has 4 rings (SSSR count). The minimum absolute atomic E-state index is 0.203. The minimum atomic E-state index is -3.34. The summed E-state index contributed by atoms with van der Waals surface area (Å²) >= 11 is 0. The number of sulfonamides is 1. The third-order valence-corrected chi connectivity index (χ3v) is 5.30. The second kappa shape index (κ2) is 6.13. The first-order valence-electron chi connectivity index (χ1n) is 8.66. The average molecular weight is 384 g/mol. The van der Waals surface area contributed by atoms with Crippen molar-refractivity contribution >= 4 is 32.6 Å². The largest absolute Gasteiger partial charge is 0.457 e. The molecule has 140 valence electrons. The predicted molar refractivity (Wildman–Crippen MR) is 105 cm³/mol. The molecule has 6 nitrogen and oxygen atoms in total. The molecule has 0 bridgehead atoms. The van der Waals surface area contributed by atoms with Crippen LogP contribution < -0.4 is 4.72 Å². The molecule has 1 aromatic heterocycles. The summed E-state index contributed by atoms with van der Waals surface area (Å²) in [4.78, 5) is 11.7. The van der Waals surface area contributed by atoms with Crippen molar-refractivity contribution in [3.63, 3.8) is 0 Å². The molecule has 2 aromatic carbocycles. The third kappa shape index (κ3) is 3.19. The highest BCUT2D eigenvalue weighted by molar-refractivity contribution is 7.92. The Bertz CT molecular complexity index is 1180. The van der Waals surface area contributed by atoms with E-state index in [1.165, 1.54) is 0 Å². The summed E-state index contributed by atoms with van der Waals surface area (Å²) in [5.41, 5.74) is 5.02. The maximum atomic E-state index is 11.7. The maximum Gasteiger partial charge on any atom is 0.338 e. The van der Waals surface area contributed by atoms with Crippen LogP contribution in [0, 0.1) is 0 Å². The van der Waals surface area contributed by atoms with E-state index in [-0.39, 0.29) is 12.0 Å². The van der Waals surface area contributed by atoms with Crippen LogP contribution >= 0.6 is 0 Å². The minimum Gasteiger partial charge on any atom is -0.457 e. The fourth-order valence-electron chi connectivity index (χ4n) is 3.49. The first-order valence-corrected chi connectivity index (χ1v) is 10.5. The number of hydrogen-bond donors (Lipinski definition) is 1. The second-order valence-corrected chi connectivity index (χ2v) is 8.85. The van der Waals surface area contributed by atoms with Crippen LogP contribution in [0.5, 0.6) is 0 Å². The van der Waals surface area contributed by atoms with Gasteiger partial charge >= 0.3 is 5.97 Å².